The molecular weight excluding hydrogens is 250 g/mol. The number of hydrogen-bond acceptors (Lipinski definition) is 2. The van der Waals surface area contributed by atoms with Crippen LogP contribution in [0.3, 0.4) is 0 Å². The van der Waals surface area contributed by atoms with Crippen LogP contribution < -0.4 is 5.32 Å². The first-order valence-electron chi connectivity index (χ1n) is 6.89. The third-order valence-corrected chi connectivity index (χ3v) is 3.15. The molecule has 20 heavy (non-hydrogen) atoms. The van der Waals surface area contributed by atoms with Crippen LogP contribution in [0.15, 0.2) is 42.7 Å². The van der Waals surface area contributed by atoms with E-state index in [-0.39, 0.29) is 11.9 Å². The summed E-state index contributed by atoms with van der Waals surface area (Å²) in [5.41, 5.74) is 1.04. The maximum atomic E-state index is 12.1. The number of carbonyl (C=O) groups is 1. The topological polar surface area (TPSA) is 46.9 Å². The van der Waals surface area contributed by atoms with Crippen molar-refractivity contribution < 1.29 is 4.79 Å². The molecule has 2 rings (SSSR count). The summed E-state index contributed by atoms with van der Waals surface area (Å²) in [6.07, 6.45) is 4.16. The smallest absolute Gasteiger partial charge is 0.221 e. The number of nitrogens with one attached hydrogen (secondary N) is 1. The molecule has 1 N–H and O–H groups in total. The lowest BCUT2D eigenvalue weighted by molar-refractivity contribution is -0.122. The molecular formula is C16H21N3O. The summed E-state index contributed by atoms with van der Waals surface area (Å²) in [7, 11) is 1.94. The molecule has 1 aromatic heterocycles. The van der Waals surface area contributed by atoms with E-state index in [9.17, 15) is 4.79 Å². The third-order valence-electron chi connectivity index (χ3n) is 3.15. The van der Waals surface area contributed by atoms with Crippen LogP contribution in [0.2, 0.25) is 0 Å². The summed E-state index contributed by atoms with van der Waals surface area (Å²) in [4.78, 5) is 16.5. The van der Waals surface area contributed by atoms with Crippen molar-refractivity contribution in [2.45, 2.75) is 26.3 Å². The zero-order valence-corrected chi connectivity index (χ0v) is 12.2. The van der Waals surface area contributed by atoms with E-state index in [1.165, 1.54) is 0 Å². The monoisotopic (exact) mass is 271 g/mol. The van der Waals surface area contributed by atoms with Crippen LogP contribution in [0.5, 0.6) is 0 Å². The number of amides is 1. The highest BCUT2D eigenvalue weighted by atomic mass is 16.1. The predicted octanol–water partition coefficient (Wildman–Crippen LogP) is 2.67. The van der Waals surface area contributed by atoms with Crippen molar-refractivity contribution in [1.82, 2.24) is 14.9 Å². The Kier molecular flexibility index (Phi) is 4.56. The number of hydrogen-bond donors (Lipinski definition) is 1. The maximum Gasteiger partial charge on any atom is 0.221 e. The van der Waals surface area contributed by atoms with E-state index in [0.29, 0.717) is 12.3 Å². The Hall–Kier alpha value is -2.10. The van der Waals surface area contributed by atoms with Crippen molar-refractivity contribution in [3.8, 4) is 0 Å². The number of aryl methyl sites for hydroxylation is 1. The first-order chi connectivity index (χ1) is 9.58. The van der Waals surface area contributed by atoms with Gasteiger partial charge < -0.3 is 9.88 Å². The van der Waals surface area contributed by atoms with E-state index in [4.69, 9.17) is 0 Å². The molecule has 4 heteroatoms. The summed E-state index contributed by atoms with van der Waals surface area (Å²) in [6, 6.07) is 9.72. The van der Waals surface area contributed by atoms with Gasteiger partial charge in [0.1, 0.15) is 11.9 Å². The molecule has 0 aliphatic heterocycles. The number of imidazole rings is 1. The SMILES string of the molecule is CC(C)CC(=O)NC(c1ccccc1)c1nccn1C. The number of nitrogens with zero attached hydrogens (tertiary/aromatic N) is 2. The van der Waals surface area contributed by atoms with E-state index in [2.05, 4.69) is 10.3 Å². The number of benzene rings is 1. The minimum Gasteiger partial charge on any atom is -0.342 e. The first kappa shape index (κ1) is 14.3. The summed E-state index contributed by atoms with van der Waals surface area (Å²) < 4.78 is 1.94. The van der Waals surface area contributed by atoms with Crippen LogP contribution in [0.25, 0.3) is 0 Å². The normalized spacial score (nSPS) is 12.4. The molecule has 0 spiro atoms. The summed E-state index contributed by atoms with van der Waals surface area (Å²) in [5.74, 6) is 1.23. The molecule has 1 unspecified atom stereocenters. The largest absolute Gasteiger partial charge is 0.342 e. The lowest BCUT2D eigenvalue weighted by atomic mass is 10.0. The zero-order chi connectivity index (χ0) is 14.5. The highest BCUT2D eigenvalue weighted by Gasteiger charge is 2.20. The fourth-order valence-electron chi connectivity index (χ4n) is 2.19. The Morgan fingerprint density at radius 3 is 2.55 bits per heavy atom. The van der Waals surface area contributed by atoms with Gasteiger partial charge in [-0.15, -0.1) is 0 Å². The Balaban J connectivity index is 2.26. The molecule has 1 amide bonds. The van der Waals surface area contributed by atoms with E-state index in [0.717, 1.165) is 11.4 Å². The summed E-state index contributed by atoms with van der Waals surface area (Å²) >= 11 is 0. The van der Waals surface area contributed by atoms with Gasteiger partial charge in [0.2, 0.25) is 5.91 Å². The molecule has 0 saturated carbocycles. The van der Waals surface area contributed by atoms with Gasteiger partial charge in [-0.2, -0.15) is 0 Å². The molecule has 1 heterocycles. The van der Waals surface area contributed by atoms with E-state index < -0.39 is 0 Å². The van der Waals surface area contributed by atoms with Gasteiger partial charge in [0.05, 0.1) is 0 Å². The van der Waals surface area contributed by atoms with Crippen LogP contribution in [0.1, 0.15) is 37.7 Å². The molecule has 0 saturated heterocycles. The molecule has 2 aromatic rings. The van der Waals surface area contributed by atoms with E-state index >= 15 is 0 Å². The summed E-state index contributed by atoms with van der Waals surface area (Å²) in [6.45, 7) is 4.08. The van der Waals surface area contributed by atoms with Crippen molar-refractivity contribution in [3.05, 3.63) is 54.1 Å². The van der Waals surface area contributed by atoms with Gasteiger partial charge in [0.15, 0.2) is 0 Å². The van der Waals surface area contributed by atoms with Gasteiger partial charge in [-0.1, -0.05) is 44.2 Å². The standard InChI is InChI=1S/C16H21N3O/c1-12(2)11-14(20)18-15(13-7-5-4-6-8-13)16-17-9-10-19(16)3/h4-10,12,15H,11H2,1-3H3,(H,18,20). The van der Waals surface area contributed by atoms with Gasteiger partial charge in [-0.3, -0.25) is 4.79 Å². The first-order valence-corrected chi connectivity index (χ1v) is 6.89. The fraction of sp³-hybridized carbons (Fsp3) is 0.375. The molecule has 0 fully saturated rings. The minimum absolute atomic E-state index is 0.0526. The highest BCUT2D eigenvalue weighted by Crippen LogP contribution is 2.20. The molecule has 0 bridgehead atoms. The Morgan fingerprint density at radius 1 is 1.30 bits per heavy atom. The van der Waals surface area contributed by atoms with Crippen molar-refractivity contribution in [2.24, 2.45) is 13.0 Å². The van der Waals surface area contributed by atoms with E-state index in [1.54, 1.807) is 6.20 Å². The van der Waals surface area contributed by atoms with Crippen molar-refractivity contribution >= 4 is 5.91 Å². The minimum atomic E-state index is -0.206. The van der Waals surface area contributed by atoms with Crippen LogP contribution in [-0.2, 0) is 11.8 Å². The highest BCUT2D eigenvalue weighted by molar-refractivity contribution is 5.77. The lowest BCUT2D eigenvalue weighted by Gasteiger charge is -2.19. The molecule has 0 aliphatic carbocycles. The fourth-order valence-corrected chi connectivity index (χ4v) is 2.19. The van der Waals surface area contributed by atoms with Crippen LogP contribution in [0.4, 0.5) is 0 Å². The summed E-state index contributed by atoms with van der Waals surface area (Å²) in [5, 5.41) is 3.09. The number of rotatable bonds is 5. The molecule has 106 valence electrons. The van der Waals surface area contributed by atoms with Crippen molar-refractivity contribution in [2.75, 3.05) is 0 Å². The average Bonchev–Trinajstić information content (AvgIpc) is 2.82. The second kappa shape index (κ2) is 6.37. The Labute approximate surface area is 119 Å². The predicted molar refractivity (Wildman–Crippen MR) is 79.1 cm³/mol. The van der Waals surface area contributed by atoms with Crippen LogP contribution in [0, 0.1) is 5.92 Å². The average molecular weight is 271 g/mol. The second-order valence-electron chi connectivity index (χ2n) is 5.41. The molecule has 0 radical (unpaired) electrons. The molecule has 0 aliphatic rings. The van der Waals surface area contributed by atoms with Crippen LogP contribution in [-0.4, -0.2) is 15.5 Å². The van der Waals surface area contributed by atoms with Crippen molar-refractivity contribution in [1.29, 1.82) is 0 Å². The van der Waals surface area contributed by atoms with Gasteiger partial charge in [-0.25, -0.2) is 4.98 Å². The van der Waals surface area contributed by atoms with Gasteiger partial charge >= 0.3 is 0 Å². The van der Waals surface area contributed by atoms with Crippen LogP contribution >= 0.6 is 0 Å². The molecule has 1 aromatic carbocycles. The molecule has 4 nitrogen and oxygen atoms in total. The third kappa shape index (κ3) is 3.47. The molecule has 1 atom stereocenters. The van der Waals surface area contributed by atoms with E-state index in [1.807, 2.05) is 62.0 Å². The van der Waals surface area contributed by atoms with Crippen molar-refractivity contribution in [3.63, 3.8) is 0 Å². The Morgan fingerprint density at radius 2 is 2.00 bits per heavy atom. The van der Waals surface area contributed by atoms with Gasteiger partial charge in [0, 0.05) is 25.9 Å². The second-order valence-corrected chi connectivity index (χ2v) is 5.41. The maximum absolute atomic E-state index is 12.1. The zero-order valence-electron chi connectivity index (χ0n) is 12.2. The Bertz CT molecular complexity index is 560. The lowest BCUT2D eigenvalue weighted by Crippen LogP contribution is -2.31. The quantitative estimate of drug-likeness (QED) is 0.908. The van der Waals surface area contributed by atoms with Gasteiger partial charge in [-0.05, 0) is 11.5 Å². The van der Waals surface area contributed by atoms with Gasteiger partial charge in [0.25, 0.3) is 0 Å². The number of carbonyl (C=O) groups excluding carboxylic acids is 1. The number of aromatic nitrogens is 2.